The Bertz CT molecular complexity index is 1230. The fourth-order valence-corrected chi connectivity index (χ4v) is 4.08. The van der Waals surface area contributed by atoms with E-state index in [2.05, 4.69) is 15.2 Å². The number of aromatic amines is 2. The van der Waals surface area contributed by atoms with Crippen LogP contribution in [0.2, 0.25) is 0 Å². The molecule has 3 N–H and O–H groups in total. The molecule has 4 rings (SSSR count). The molecule has 8 nitrogen and oxygen atoms in total. The van der Waals surface area contributed by atoms with Gasteiger partial charge in [-0.1, -0.05) is 12.1 Å². The minimum absolute atomic E-state index is 0.0471. The average Bonchev–Trinajstić information content (AvgIpc) is 3.23. The number of aliphatic hydroxyl groups is 1. The van der Waals surface area contributed by atoms with Crippen molar-refractivity contribution in [3.8, 4) is 0 Å². The highest BCUT2D eigenvalue weighted by molar-refractivity contribution is 5.42. The number of halogens is 5. The van der Waals surface area contributed by atoms with Gasteiger partial charge in [0.15, 0.2) is 6.29 Å². The van der Waals surface area contributed by atoms with E-state index in [0.29, 0.717) is 17.7 Å². The summed E-state index contributed by atoms with van der Waals surface area (Å²) in [6.07, 6.45) is -7.49. The molecule has 0 spiro atoms. The number of nitrogens with zero attached hydrogens (tertiary/aromatic N) is 2. The number of alkyl halides is 3. The van der Waals surface area contributed by atoms with E-state index >= 15 is 0 Å². The predicted molar refractivity (Wildman–Crippen MR) is 112 cm³/mol. The zero-order valence-corrected chi connectivity index (χ0v) is 18.3. The highest BCUT2D eigenvalue weighted by atomic mass is 19.4. The number of anilines is 1. The number of benzene rings is 2. The fourth-order valence-electron chi connectivity index (χ4n) is 4.08. The maximum Gasteiger partial charge on any atom is 0.416 e. The molecule has 0 saturated carbocycles. The Morgan fingerprint density at radius 2 is 1.94 bits per heavy atom. The minimum Gasteiger partial charge on any atom is -0.393 e. The second-order valence-electron chi connectivity index (χ2n) is 8.09. The van der Waals surface area contributed by atoms with Gasteiger partial charge in [-0.05, 0) is 48.4 Å². The lowest BCUT2D eigenvalue weighted by atomic mass is 9.87. The average molecular weight is 500 g/mol. The molecule has 1 saturated heterocycles. The smallest absolute Gasteiger partial charge is 0.393 e. The van der Waals surface area contributed by atoms with Gasteiger partial charge in [0.25, 0.3) is 0 Å². The molecule has 0 unspecified atom stereocenters. The van der Waals surface area contributed by atoms with Crippen LogP contribution in [-0.2, 0) is 21.2 Å². The maximum absolute atomic E-state index is 14.0. The van der Waals surface area contributed by atoms with Crippen LogP contribution in [0.3, 0.4) is 0 Å². The summed E-state index contributed by atoms with van der Waals surface area (Å²) in [5.41, 5.74) is -2.93. The summed E-state index contributed by atoms with van der Waals surface area (Å²) in [7, 11) is 0. The molecule has 1 aliphatic rings. The van der Waals surface area contributed by atoms with Gasteiger partial charge in [-0.15, -0.1) is 5.10 Å². The predicted octanol–water partition coefficient (Wildman–Crippen LogP) is 3.22. The molecule has 1 aromatic heterocycles. The normalized spacial score (nSPS) is 21.8. The standard InChI is InChI=1S/C22H21F5N4O4/c1-21(13-2-4-15(23)5-3-13)18(34-7-6-31(21)19-28-20(33)30-29-19)35-17(11-32)12-8-14(22(25,26)27)10-16(24)9-12/h2-5,8-10,17-18,32H,6-7,11H2,1H3,(H2,28,29,30,33)/t17-,18-,21+/m1/s1. The van der Waals surface area contributed by atoms with Gasteiger partial charge < -0.3 is 19.5 Å². The third kappa shape index (κ3) is 4.92. The molecular formula is C22H21F5N4O4. The van der Waals surface area contributed by atoms with Crippen LogP contribution in [0.4, 0.5) is 27.9 Å². The first kappa shape index (κ1) is 24.8. The van der Waals surface area contributed by atoms with Gasteiger partial charge in [0.1, 0.15) is 23.3 Å². The monoisotopic (exact) mass is 500 g/mol. The third-order valence-corrected chi connectivity index (χ3v) is 5.85. The van der Waals surface area contributed by atoms with Crippen molar-refractivity contribution in [2.45, 2.75) is 31.0 Å². The van der Waals surface area contributed by atoms with Gasteiger partial charge in [0.05, 0.1) is 18.8 Å². The van der Waals surface area contributed by atoms with E-state index in [-0.39, 0.29) is 24.7 Å². The summed E-state index contributed by atoms with van der Waals surface area (Å²) in [4.78, 5) is 15.8. The molecule has 1 aliphatic heterocycles. The zero-order chi connectivity index (χ0) is 25.4. The van der Waals surface area contributed by atoms with Crippen LogP contribution < -0.4 is 10.6 Å². The molecule has 3 atom stereocenters. The molecule has 0 aliphatic carbocycles. The van der Waals surface area contributed by atoms with Crippen molar-refractivity contribution in [2.75, 3.05) is 24.7 Å². The number of morpholine rings is 1. The first-order valence-electron chi connectivity index (χ1n) is 10.5. The molecule has 1 fully saturated rings. The second-order valence-corrected chi connectivity index (χ2v) is 8.09. The van der Waals surface area contributed by atoms with Crippen molar-refractivity contribution in [3.05, 3.63) is 81.3 Å². The van der Waals surface area contributed by atoms with Gasteiger partial charge in [-0.25, -0.2) is 18.7 Å². The summed E-state index contributed by atoms with van der Waals surface area (Å²) in [5.74, 6) is -1.55. The number of H-pyrrole nitrogens is 2. The lowest BCUT2D eigenvalue weighted by Crippen LogP contribution is -2.60. The Hall–Kier alpha value is -3.29. The Morgan fingerprint density at radius 3 is 2.54 bits per heavy atom. The van der Waals surface area contributed by atoms with E-state index in [4.69, 9.17) is 9.47 Å². The van der Waals surface area contributed by atoms with E-state index in [1.807, 2.05) is 0 Å². The van der Waals surface area contributed by atoms with Gasteiger partial charge in [0.2, 0.25) is 5.95 Å². The van der Waals surface area contributed by atoms with E-state index in [9.17, 15) is 31.9 Å². The summed E-state index contributed by atoms with van der Waals surface area (Å²) in [6, 6.07) is 7.16. The van der Waals surface area contributed by atoms with Crippen molar-refractivity contribution >= 4 is 5.95 Å². The highest BCUT2D eigenvalue weighted by Crippen LogP contribution is 2.41. The molecule has 2 aromatic carbocycles. The number of aromatic nitrogens is 3. The first-order chi connectivity index (χ1) is 16.5. The van der Waals surface area contributed by atoms with Crippen LogP contribution >= 0.6 is 0 Å². The minimum atomic E-state index is -4.82. The van der Waals surface area contributed by atoms with Crippen LogP contribution in [0.15, 0.2) is 47.3 Å². The lowest BCUT2D eigenvalue weighted by molar-refractivity contribution is -0.225. The van der Waals surface area contributed by atoms with Crippen molar-refractivity contribution < 1.29 is 36.5 Å². The van der Waals surface area contributed by atoms with E-state index < -0.39 is 53.6 Å². The molecule has 35 heavy (non-hydrogen) atoms. The van der Waals surface area contributed by atoms with Crippen molar-refractivity contribution in [1.82, 2.24) is 15.2 Å². The summed E-state index contributed by atoms with van der Waals surface area (Å²) in [5, 5.41) is 16.1. The van der Waals surface area contributed by atoms with Crippen LogP contribution in [0.1, 0.15) is 29.7 Å². The van der Waals surface area contributed by atoms with Crippen molar-refractivity contribution in [3.63, 3.8) is 0 Å². The number of aliphatic hydroxyl groups excluding tert-OH is 1. The lowest BCUT2D eigenvalue weighted by Gasteiger charge is -2.49. The molecule has 0 amide bonds. The zero-order valence-electron chi connectivity index (χ0n) is 18.3. The van der Waals surface area contributed by atoms with Crippen molar-refractivity contribution in [2.24, 2.45) is 0 Å². The van der Waals surface area contributed by atoms with Gasteiger partial charge in [-0.2, -0.15) is 13.2 Å². The Balaban J connectivity index is 1.76. The van der Waals surface area contributed by atoms with E-state index in [1.165, 1.54) is 24.3 Å². The number of rotatable bonds is 6. The number of hydrogen-bond donors (Lipinski definition) is 3. The number of nitrogens with one attached hydrogen (secondary N) is 2. The molecule has 3 aromatic rings. The van der Waals surface area contributed by atoms with Crippen molar-refractivity contribution in [1.29, 1.82) is 0 Å². The highest BCUT2D eigenvalue weighted by Gasteiger charge is 2.48. The first-order valence-corrected chi connectivity index (χ1v) is 10.5. The van der Waals surface area contributed by atoms with Crippen LogP contribution in [0.25, 0.3) is 0 Å². The summed E-state index contributed by atoms with van der Waals surface area (Å²) >= 11 is 0. The van der Waals surface area contributed by atoms with E-state index in [0.717, 1.165) is 6.07 Å². The van der Waals surface area contributed by atoms with Gasteiger partial charge in [0, 0.05) is 6.54 Å². The molecule has 188 valence electrons. The largest absolute Gasteiger partial charge is 0.416 e. The second kappa shape index (κ2) is 9.40. The Labute approximate surface area is 195 Å². The number of ether oxygens (including phenoxy) is 2. The third-order valence-electron chi connectivity index (χ3n) is 5.85. The molecule has 2 heterocycles. The molecular weight excluding hydrogens is 479 g/mol. The molecule has 0 bridgehead atoms. The SMILES string of the molecule is C[C@]1(c2ccc(F)cc2)[C@@H](O[C@H](CO)c2cc(F)cc(C(F)(F)F)c2)OCCN1c1n[nH]c(=O)[nH]1. The fraction of sp³-hybridized carbons (Fsp3) is 0.364. The summed E-state index contributed by atoms with van der Waals surface area (Å²) < 4.78 is 79.1. The Morgan fingerprint density at radius 1 is 1.23 bits per heavy atom. The Kier molecular flexibility index (Phi) is 6.66. The molecule has 0 radical (unpaired) electrons. The van der Waals surface area contributed by atoms with Crippen LogP contribution in [-0.4, -0.2) is 46.3 Å². The molecule has 13 heteroatoms. The van der Waals surface area contributed by atoms with E-state index in [1.54, 1.807) is 11.8 Å². The topological polar surface area (TPSA) is 103 Å². The van der Waals surface area contributed by atoms with Crippen LogP contribution in [0, 0.1) is 11.6 Å². The quantitative estimate of drug-likeness (QED) is 0.449. The number of hydrogen-bond acceptors (Lipinski definition) is 6. The van der Waals surface area contributed by atoms with Gasteiger partial charge in [-0.3, -0.25) is 4.98 Å². The van der Waals surface area contributed by atoms with Gasteiger partial charge >= 0.3 is 11.9 Å². The maximum atomic E-state index is 14.0. The summed E-state index contributed by atoms with van der Waals surface area (Å²) in [6.45, 7) is 1.10. The van der Waals surface area contributed by atoms with Crippen LogP contribution in [0.5, 0.6) is 0 Å².